The number of nitrogens with one attached hydrogen (secondary N) is 1. The van der Waals surface area contributed by atoms with Crippen LogP contribution in [-0.2, 0) is 21.4 Å². The van der Waals surface area contributed by atoms with Gasteiger partial charge in [0.2, 0.25) is 0 Å². The smallest absolute Gasteiger partial charge is 0.331 e. The highest BCUT2D eigenvalue weighted by atomic mass is 16.5. The van der Waals surface area contributed by atoms with Gasteiger partial charge in [0.05, 0.1) is 5.69 Å². The molecule has 1 N–H and O–H groups in total. The molecule has 1 amide bonds. The van der Waals surface area contributed by atoms with Gasteiger partial charge in [-0.1, -0.05) is 19.8 Å². The Kier molecular flexibility index (Phi) is 6.17. The Labute approximate surface area is 143 Å². The van der Waals surface area contributed by atoms with Crippen molar-refractivity contribution in [2.45, 2.75) is 52.5 Å². The van der Waals surface area contributed by atoms with Crippen LogP contribution in [0.2, 0.25) is 0 Å². The van der Waals surface area contributed by atoms with Crippen LogP contribution >= 0.6 is 0 Å². The maximum atomic E-state index is 11.9. The van der Waals surface area contributed by atoms with Crippen molar-refractivity contribution in [3.63, 3.8) is 0 Å². The molecule has 0 saturated heterocycles. The van der Waals surface area contributed by atoms with Crippen LogP contribution in [0.1, 0.15) is 49.6 Å². The number of rotatable bonds is 5. The van der Waals surface area contributed by atoms with Gasteiger partial charge in [0.1, 0.15) is 0 Å². The second-order valence-corrected chi connectivity index (χ2v) is 6.58. The summed E-state index contributed by atoms with van der Waals surface area (Å²) >= 11 is 0. The lowest BCUT2D eigenvalue weighted by Gasteiger charge is -2.29. The number of hydrogen-bond donors (Lipinski definition) is 1. The Morgan fingerprint density at radius 3 is 2.67 bits per heavy atom. The first-order valence-corrected chi connectivity index (χ1v) is 8.53. The van der Waals surface area contributed by atoms with E-state index < -0.39 is 5.97 Å². The minimum Gasteiger partial charge on any atom is -0.452 e. The number of esters is 1. The van der Waals surface area contributed by atoms with E-state index in [1.807, 2.05) is 20.9 Å². The summed E-state index contributed by atoms with van der Waals surface area (Å²) in [6, 6.07) is 0.196. The maximum Gasteiger partial charge on any atom is 0.331 e. The third-order valence-corrected chi connectivity index (χ3v) is 4.75. The highest BCUT2D eigenvalue weighted by Gasteiger charge is 2.22. The Balaban J connectivity index is 1.80. The lowest BCUT2D eigenvalue weighted by atomic mass is 9.86. The van der Waals surface area contributed by atoms with Gasteiger partial charge in [-0.2, -0.15) is 5.10 Å². The van der Waals surface area contributed by atoms with E-state index in [9.17, 15) is 9.59 Å². The summed E-state index contributed by atoms with van der Waals surface area (Å²) < 4.78 is 6.79. The molecule has 6 heteroatoms. The third kappa shape index (κ3) is 4.69. The minimum absolute atomic E-state index is 0.196. The Morgan fingerprint density at radius 1 is 1.33 bits per heavy atom. The molecule has 1 fully saturated rings. The van der Waals surface area contributed by atoms with Gasteiger partial charge in [0, 0.05) is 30.4 Å². The first kappa shape index (κ1) is 18.2. The van der Waals surface area contributed by atoms with Gasteiger partial charge in [0.15, 0.2) is 6.61 Å². The molecule has 2 rings (SSSR count). The molecular weight excluding hydrogens is 306 g/mol. The molecule has 1 aliphatic rings. The van der Waals surface area contributed by atoms with E-state index in [2.05, 4.69) is 17.3 Å². The maximum absolute atomic E-state index is 11.9. The fourth-order valence-electron chi connectivity index (χ4n) is 3.15. The van der Waals surface area contributed by atoms with E-state index in [0.717, 1.165) is 36.2 Å². The predicted molar refractivity (Wildman–Crippen MR) is 92.2 cm³/mol. The van der Waals surface area contributed by atoms with Crippen LogP contribution in [-0.4, -0.2) is 34.3 Å². The quantitative estimate of drug-likeness (QED) is 0.663. The van der Waals surface area contributed by atoms with Crippen molar-refractivity contribution in [3.05, 3.63) is 23.0 Å². The van der Waals surface area contributed by atoms with Crippen LogP contribution in [0.25, 0.3) is 6.08 Å². The number of nitrogens with zero attached hydrogens (tertiary/aromatic N) is 2. The van der Waals surface area contributed by atoms with E-state index in [1.54, 1.807) is 10.8 Å². The van der Waals surface area contributed by atoms with Gasteiger partial charge in [-0.25, -0.2) is 4.79 Å². The van der Waals surface area contributed by atoms with Gasteiger partial charge in [-0.15, -0.1) is 0 Å². The summed E-state index contributed by atoms with van der Waals surface area (Å²) in [4.78, 5) is 23.7. The van der Waals surface area contributed by atoms with Gasteiger partial charge < -0.3 is 10.1 Å². The van der Waals surface area contributed by atoms with Crippen molar-refractivity contribution in [1.29, 1.82) is 0 Å². The second-order valence-electron chi connectivity index (χ2n) is 6.58. The molecule has 0 radical (unpaired) electrons. The van der Waals surface area contributed by atoms with Crippen molar-refractivity contribution in [2.75, 3.05) is 6.61 Å². The molecule has 0 spiro atoms. The molecule has 0 bridgehead atoms. The summed E-state index contributed by atoms with van der Waals surface area (Å²) in [7, 11) is 1.86. The minimum atomic E-state index is -0.524. The lowest BCUT2D eigenvalue weighted by Crippen LogP contribution is -2.42. The molecular formula is C18H27N3O3. The number of hydrogen-bond acceptors (Lipinski definition) is 4. The predicted octanol–water partition coefficient (Wildman–Crippen LogP) is 2.29. The number of aromatic nitrogens is 2. The summed E-state index contributed by atoms with van der Waals surface area (Å²) in [6.45, 7) is 5.73. The van der Waals surface area contributed by atoms with E-state index in [1.165, 1.54) is 12.5 Å². The molecule has 132 valence electrons. The summed E-state index contributed by atoms with van der Waals surface area (Å²) in [5.41, 5.74) is 2.72. The van der Waals surface area contributed by atoms with Crippen molar-refractivity contribution in [3.8, 4) is 0 Å². The topological polar surface area (TPSA) is 73.2 Å². The first-order chi connectivity index (χ1) is 11.4. The fourth-order valence-corrected chi connectivity index (χ4v) is 3.15. The number of carbonyl (C=O) groups is 2. The van der Waals surface area contributed by atoms with Crippen LogP contribution in [0.5, 0.6) is 0 Å². The van der Waals surface area contributed by atoms with Crippen LogP contribution in [0.4, 0.5) is 0 Å². The first-order valence-electron chi connectivity index (χ1n) is 8.53. The van der Waals surface area contributed by atoms with E-state index in [-0.39, 0.29) is 18.6 Å². The van der Waals surface area contributed by atoms with E-state index >= 15 is 0 Å². The number of aryl methyl sites for hydroxylation is 2. The second kappa shape index (κ2) is 8.13. The van der Waals surface area contributed by atoms with Gasteiger partial charge >= 0.3 is 5.97 Å². The van der Waals surface area contributed by atoms with Crippen LogP contribution < -0.4 is 5.32 Å². The zero-order valence-corrected chi connectivity index (χ0v) is 15.0. The van der Waals surface area contributed by atoms with Crippen molar-refractivity contribution in [1.82, 2.24) is 15.1 Å². The highest BCUT2D eigenvalue weighted by molar-refractivity contribution is 5.89. The molecule has 1 heterocycles. The number of amides is 1. The van der Waals surface area contributed by atoms with E-state index in [4.69, 9.17) is 4.74 Å². The average molecular weight is 333 g/mol. The Hall–Kier alpha value is -2.11. The van der Waals surface area contributed by atoms with Crippen molar-refractivity contribution in [2.24, 2.45) is 13.0 Å². The molecule has 0 aliphatic heterocycles. The van der Waals surface area contributed by atoms with E-state index in [0.29, 0.717) is 5.92 Å². The summed E-state index contributed by atoms with van der Waals surface area (Å²) in [6.07, 6.45) is 7.52. The average Bonchev–Trinajstić information content (AvgIpc) is 2.78. The normalized spacial score (nSPS) is 21.0. The number of carbonyl (C=O) groups excluding carboxylic acids is 2. The molecule has 0 unspecified atom stereocenters. The number of ether oxygens (including phenoxy) is 1. The van der Waals surface area contributed by atoms with Crippen molar-refractivity contribution < 1.29 is 14.3 Å². The molecule has 1 aromatic rings. The molecule has 1 saturated carbocycles. The molecule has 2 atom stereocenters. The van der Waals surface area contributed by atoms with Crippen LogP contribution in [0, 0.1) is 19.8 Å². The van der Waals surface area contributed by atoms with Crippen LogP contribution in [0.3, 0.4) is 0 Å². The molecule has 6 nitrogen and oxygen atoms in total. The molecule has 1 aliphatic carbocycles. The van der Waals surface area contributed by atoms with Gasteiger partial charge in [0.25, 0.3) is 5.91 Å². The largest absolute Gasteiger partial charge is 0.452 e. The fraction of sp³-hybridized carbons (Fsp3) is 0.611. The summed E-state index contributed by atoms with van der Waals surface area (Å²) in [5, 5.41) is 7.25. The zero-order chi connectivity index (χ0) is 17.7. The molecule has 1 aromatic heterocycles. The standard InChI is InChI=1S/C18H27N3O3/c1-12-7-5-6-8-16(12)19-17(22)11-24-18(23)10-9-15-13(2)20-21(4)14(15)3/h9-10,12,16H,5-8,11H2,1-4H3,(H,19,22)/b10-9+/t12-,16+/m1/s1. The lowest BCUT2D eigenvalue weighted by molar-refractivity contribution is -0.144. The van der Waals surface area contributed by atoms with Crippen LogP contribution in [0.15, 0.2) is 6.08 Å². The molecule has 0 aromatic carbocycles. The summed E-state index contributed by atoms with van der Waals surface area (Å²) in [5.74, 6) is -0.274. The SMILES string of the molecule is Cc1nn(C)c(C)c1/C=C/C(=O)OCC(=O)N[C@H]1CCCC[C@H]1C. The highest BCUT2D eigenvalue weighted by Crippen LogP contribution is 2.23. The monoisotopic (exact) mass is 333 g/mol. The zero-order valence-electron chi connectivity index (χ0n) is 15.0. The third-order valence-electron chi connectivity index (χ3n) is 4.75. The van der Waals surface area contributed by atoms with Gasteiger partial charge in [-0.05, 0) is 38.7 Å². The Bertz CT molecular complexity index is 634. The van der Waals surface area contributed by atoms with Crippen molar-refractivity contribution >= 4 is 18.0 Å². The van der Waals surface area contributed by atoms with Gasteiger partial charge in [-0.3, -0.25) is 9.48 Å². The Morgan fingerprint density at radius 2 is 2.04 bits per heavy atom. The molecule has 24 heavy (non-hydrogen) atoms.